The van der Waals surface area contributed by atoms with E-state index in [4.69, 9.17) is 0 Å². The second kappa shape index (κ2) is 7.38. The standard InChI is InChI=1S/C14H19BrN2O3S/c15-11-3-5-13(6-4-11)21(19,20)9-1-2-14(18)17-12-7-8-16-10-12/h3-6,12,16H,1-2,7-10H2,(H,17,18). The molecule has 1 fully saturated rings. The Morgan fingerprint density at radius 1 is 1.33 bits per heavy atom. The third-order valence-electron chi connectivity index (χ3n) is 3.42. The summed E-state index contributed by atoms with van der Waals surface area (Å²) in [5.41, 5.74) is 0. The van der Waals surface area contributed by atoms with E-state index in [1.165, 1.54) is 0 Å². The molecule has 1 amide bonds. The predicted octanol–water partition coefficient (Wildman–Crippen LogP) is 1.48. The van der Waals surface area contributed by atoms with Crippen LogP contribution in [0.5, 0.6) is 0 Å². The maximum Gasteiger partial charge on any atom is 0.220 e. The third-order valence-corrected chi connectivity index (χ3v) is 5.76. The smallest absolute Gasteiger partial charge is 0.220 e. The zero-order valence-electron chi connectivity index (χ0n) is 11.6. The van der Waals surface area contributed by atoms with Crippen LogP contribution in [0.25, 0.3) is 0 Å². The van der Waals surface area contributed by atoms with Crippen LogP contribution in [0.3, 0.4) is 0 Å². The molecular formula is C14H19BrN2O3S. The third kappa shape index (κ3) is 5.09. The van der Waals surface area contributed by atoms with Crippen LogP contribution in [0.2, 0.25) is 0 Å². The lowest BCUT2D eigenvalue weighted by atomic mass is 10.2. The van der Waals surface area contributed by atoms with Gasteiger partial charge in [0.25, 0.3) is 0 Å². The van der Waals surface area contributed by atoms with Crippen molar-refractivity contribution in [2.45, 2.75) is 30.2 Å². The average molecular weight is 375 g/mol. The molecule has 0 aliphatic carbocycles. The Morgan fingerprint density at radius 2 is 2.05 bits per heavy atom. The lowest BCUT2D eigenvalue weighted by Gasteiger charge is -2.11. The molecule has 0 aromatic heterocycles. The van der Waals surface area contributed by atoms with Gasteiger partial charge in [0.05, 0.1) is 10.6 Å². The molecule has 1 aliphatic rings. The fraction of sp³-hybridized carbons (Fsp3) is 0.500. The van der Waals surface area contributed by atoms with Crippen molar-refractivity contribution >= 4 is 31.7 Å². The number of sulfone groups is 1. The van der Waals surface area contributed by atoms with Crippen molar-refractivity contribution in [2.24, 2.45) is 0 Å². The highest BCUT2D eigenvalue weighted by atomic mass is 79.9. The highest BCUT2D eigenvalue weighted by Gasteiger charge is 2.18. The van der Waals surface area contributed by atoms with Crippen LogP contribution >= 0.6 is 15.9 Å². The minimum atomic E-state index is -3.31. The monoisotopic (exact) mass is 374 g/mol. The fourth-order valence-electron chi connectivity index (χ4n) is 2.26. The van der Waals surface area contributed by atoms with E-state index in [9.17, 15) is 13.2 Å². The SMILES string of the molecule is O=C(CCCS(=O)(=O)c1ccc(Br)cc1)NC1CCNC1. The normalized spacial score (nSPS) is 18.6. The van der Waals surface area contributed by atoms with E-state index >= 15 is 0 Å². The molecule has 5 nitrogen and oxygen atoms in total. The molecule has 1 heterocycles. The Morgan fingerprint density at radius 3 is 2.67 bits per heavy atom. The summed E-state index contributed by atoms with van der Waals surface area (Å²) in [6.07, 6.45) is 1.51. The first-order chi connectivity index (χ1) is 9.97. The van der Waals surface area contributed by atoms with Gasteiger partial charge in [0.2, 0.25) is 5.91 Å². The molecule has 1 aliphatic heterocycles. The van der Waals surface area contributed by atoms with Gasteiger partial charge in [-0.15, -0.1) is 0 Å². The van der Waals surface area contributed by atoms with E-state index in [1.54, 1.807) is 24.3 Å². The predicted molar refractivity (Wildman–Crippen MR) is 84.8 cm³/mol. The largest absolute Gasteiger partial charge is 0.352 e. The van der Waals surface area contributed by atoms with Gasteiger partial charge in [-0.25, -0.2) is 8.42 Å². The van der Waals surface area contributed by atoms with Gasteiger partial charge in [-0.3, -0.25) is 4.79 Å². The Balaban J connectivity index is 1.79. The first-order valence-corrected chi connectivity index (χ1v) is 9.40. The average Bonchev–Trinajstić information content (AvgIpc) is 2.91. The van der Waals surface area contributed by atoms with Crippen molar-refractivity contribution in [3.8, 4) is 0 Å². The van der Waals surface area contributed by atoms with Crippen LogP contribution in [-0.4, -0.2) is 39.2 Å². The number of nitrogens with one attached hydrogen (secondary N) is 2. The van der Waals surface area contributed by atoms with Crippen LogP contribution < -0.4 is 10.6 Å². The number of hydrogen-bond donors (Lipinski definition) is 2. The van der Waals surface area contributed by atoms with Gasteiger partial charge in [-0.1, -0.05) is 15.9 Å². The number of hydrogen-bond acceptors (Lipinski definition) is 4. The van der Waals surface area contributed by atoms with Gasteiger partial charge in [0.1, 0.15) is 0 Å². The van der Waals surface area contributed by atoms with Crippen molar-refractivity contribution < 1.29 is 13.2 Å². The number of amides is 1. The molecule has 2 rings (SSSR count). The second-order valence-electron chi connectivity index (χ2n) is 5.13. The molecule has 1 unspecified atom stereocenters. The molecule has 0 saturated carbocycles. The first kappa shape index (κ1) is 16.5. The minimum Gasteiger partial charge on any atom is -0.352 e. The Labute approximate surface area is 133 Å². The number of rotatable bonds is 6. The van der Waals surface area contributed by atoms with Gasteiger partial charge in [-0.2, -0.15) is 0 Å². The summed E-state index contributed by atoms with van der Waals surface area (Å²) in [5.74, 6) is -0.0833. The molecule has 1 saturated heterocycles. The van der Waals surface area contributed by atoms with Crippen LogP contribution in [-0.2, 0) is 14.6 Å². The molecule has 0 radical (unpaired) electrons. The highest BCUT2D eigenvalue weighted by molar-refractivity contribution is 9.10. The van der Waals surface area contributed by atoms with Gasteiger partial charge < -0.3 is 10.6 Å². The van der Waals surface area contributed by atoms with Crippen molar-refractivity contribution in [3.05, 3.63) is 28.7 Å². The van der Waals surface area contributed by atoms with E-state index in [1.807, 2.05) is 0 Å². The van der Waals surface area contributed by atoms with Gasteiger partial charge >= 0.3 is 0 Å². The quantitative estimate of drug-likeness (QED) is 0.790. The molecule has 2 N–H and O–H groups in total. The zero-order chi connectivity index (χ0) is 15.3. The first-order valence-electron chi connectivity index (χ1n) is 6.96. The Hall–Kier alpha value is -0.920. The summed E-state index contributed by atoms with van der Waals surface area (Å²) in [6.45, 7) is 1.71. The van der Waals surface area contributed by atoms with E-state index < -0.39 is 9.84 Å². The highest BCUT2D eigenvalue weighted by Crippen LogP contribution is 2.16. The molecule has 1 atom stereocenters. The lowest BCUT2D eigenvalue weighted by molar-refractivity contribution is -0.121. The number of carbonyl (C=O) groups excluding carboxylic acids is 1. The van der Waals surface area contributed by atoms with Crippen molar-refractivity contribution in [1.82, 2.24) is 10.6 Å². The molecule has 0 bridgehead atoms. The number of carbonyl (C=O) groups is 1. The summed E-state index contributed by atoms with van der Waals surface area (Å²) in [5, 5.41) is 6.08. The summed E-state index contributed by atoms with van der Waals surface area (Å²) < 4.78 is 25.1. The van der Waals surface area contributed by atoms with E-state index in [-0.39, 0.29) is 24.1 Å². The lowest BCUT2D eigenvalue weighted by Crippen LogP contribution is -2.36. The fourth-order valence-corrected chi connectivity index (χ4v) is 3.84. The van der Waals surface area contributed by atoms with Crippen LogP contribution in [0.4, 0.5) is 0 Å². The molecular weight excluding hydrogens is 356 g/mol. The van der Waals surface area contributed by atoms with E-state index in [0.717, 1.165) is 24.0 Å². The van der Waals surface area contributed by atoms with Gasteiger partial charge in [0, 0.05) is 23.5 Å². The van der Waals surface area contributed by atoms with Crippen LogP contribution in [0.15, 0.2) is 33.6 Å². The maximum atomic E-state index is 12.1. The molecule has 1 aromatic rings. The summed E-state index contributed by atoms with van der Waals surface area (Å²) in [6, 6.07) is 6.73. The van der Waals surface area contributed by atoms with Gasteiger partial charge in [-0.05, 0) is 43.7 Å². The number of halogens is 1. The van der Waals surface area contributed by atoms with Crippen LogP contribution in [0.1, 0.15) is 19.3 Å². The summed E-state index contributed by atoms with van der Waals surface area (Å²) in [4.78, 5) is 12.0. The Kier molecular flexibility index (Phi) is 5.78. The van der Waals surface area contributed by atoms with E-state index in [0.29, 0.717) is 11.3 Å². The maximum absolute atomic E-state index is 12.1. The van der Waals surface area contributed by atoms with Crippen molar-refractivity contribution in [2.75, 3.05) is 18.8 Å². The zero-order valence-corrected chi connectivity index (χ0v) is 14.0. The molecule has 116 valence electrons. The summed E-state index contributed by atoms with van der Waals surface area (Å²) in [7, 11) is -3.31. The van der Waals surface area contributed by atoms with E-state index in [2.05, 4.69) is 26.6 Å². The van der Waals surface area contributed by atoms with Crippen molar-refractivity contribution in [1.29, 1.82) is 0 Å². The van der Waals surface area contributed by atoms with Crippen LogP contribution in [0, 0.1) is 0 Å². The summed E-state index contributed by atoms with van der Waals surface area (Å²) >= 11 is 3.27. The minimum absolute atomic E-state index is 0.00896. The molecule has 0 spiro atoms. The molecule has 21 heavy (non-hydrogen) atoms. The van der Waals surface area contributed by atoms with Gasteiger partial charge in [0.15, 0.2) is 9.84 Å². The topological polar surface area (TPSA) is 75.3 Å². The number of benzene rings is 1. The Bertz CT molecular complexity index is 581. The molecule has 7 heteroatoms. The molecule has 1 aromatic carbocycles. The van der Waals surface area contributed by atoms with Crippen molar-refractivity contribution in [3.63, 3.8) is 0 Å². The second-order valence-corrected chi connectivity index (χ2v) is 8.16.